The number of benzene rings is 2. The zero-order chi connectivity index (χ0) is 20.3. The van der Waals surface area contributed by atoms with E-state index >= 15 is 0 Å². The van der Waals surface area contributed by atoms with Crippen LogP contribution in [0.15, 0.2) is 48.5 Å². The summed E-state index contributed by atoms with van der Waals surface area (Å²) in [4.78, 5) is 24.8. The van der Waals surface area contributed by atoms with E-state index < -0.39 is 11.8 Å². The van der Waals surface area contributed by atoms with Crippen LogP contribution in [0.2, 0.25) is 5.02 Å². The molecule has 0 aliphatic rings. The molecule has 0 saturated heterocycles. The van der Waals surface area contributed by atoms with Crippen LogP contribution in [-0.2, 0) is 4.79 Å². The van der Waals surface area contributed by atoms with Gasteiger partial charge >= 0.3 is 0 Å². The summed E-state index contributed by atoms with van der Waals surface area (Å²) in [6.07, 6.45) is 0. The second-order valence-electron chi connectivity index (χ2n) is 6.20. The lowest BCUT2D eigenvalue weighted by molar-refractivity contribution is -0.118. The predicted octanol–water partition coefficient (Wildman–Crippen LogP) is 4.80. The van der Waals surface area contributed by atoms with E-state index in [-0.39, 0.29) is 6.61 Å². The average Bonchev–Trinajstić information content (AvgIpc) is 2.95. The van der Waals surface area contributed by atoms with Gasteiger partial charge in [0.25, 0.3) is 11.8 Å². The lowest BCUT2D eigenvalue weighted by atomic mass is 10.1. The third-order valence-corrected chi connectivity index (χ3v) is 5.70. The van der Waals surface area contributed by atoms with E-state index in [0.717, 1.165) is 21.6 Å². The highest BCUT2D eigenvalue weighted by Crippen LogP contribution is 2.33. The molecule has 0 spiro atoms. The minimum atomic E-state index is -0.572. The summed E-state index contributed by atoms with van der Waals surface area (Å²) < 4.78 is 5.54. The number of ether oxygens (including phenoxy) is 1. The monoisotopic (exact) mass is 414 g/mol. The van der Waals surface area contributed by atoms with Crippen molar-refractivity contribution in [2.45, 2.75) is 13.8 Å². The first-order chi connectivity index (χ1) is 13.4. The van der Waals surface area contributed by atoms with Gasteiger partial charge in [-0.3, -0.25) is 9.59 Å². The van der Waals surface area contributed by atoms with Crippen LogP contribution in [0.4, 0.5) is 5.00 Å². The topological polar surface area (TPSA) is 81.4 Å². The van der Waals surface area contributed by atoms with Gasteiger partial charge in [0, 0.05) is 4.88 Å². The molecule has 0 fully saturated rings. The third-order valence-electron chi connectivity index (χ3n) is 4.28. The number of carbonyl (C=O) groups excluding carboxylic acids is 2. The maximum absolute atomic E-state index is 12.3. The van der Waals surface area contributed by atoms with Gasteiger partial charge in [-0.15, -0.1) is 11.3 Å². The van der Waals surface area contributed by atoms with Gasteiger partial charge in [0.15, 0.2) is 6.61 Å². The zero-order valence-electron chi connectivity index (χ0n) is 15.4. The van der Waals surface area contributed by atoms with Gasteiger partial charge < -0.3 is 15.8 Å². The molecular weight excluding hydrogens is 396 g/mol. The maximum Gasteiger partial charge on any atom is 0.262 e. The summed E-state index contributed by atoms with van der Waals surface area (Å²) in [5.74, 6) is -0.560. The molecule has 144 valence electrons. The van der Waals surface area contributed by atoms with Crippen molar-refractivity contribution in [3.63, 3.8) is 0 Å². The Morgan fingerprint density at radius 1 is 1.11 bits per heavy atom. The summed E-state index contributed by atoms with van der Waals surface area (Å²) in [5.41, 5.74) is 8.52. The number of halogens is 1. The van der Waals surface area contributed by atoms with E-state index in [1.165, 1.54) is 11.3 Å². The molecule has 1 heterocycles. The summed E-state index contributed by atoms with van der Waals surface area (Å²) >= 11 is 7.61. The fourth-order valence-corrected chi connectivity index (χ4v) is 4.06. The molecular formula is C21H19ClN2O3S. The Bertz CT molecular complexity index is 1030. The molecule has 0 aliphatic heterocycles. The van der Waals surface area contributed by atoms with E-state index in [1.54, 1.807) is 19.1 Å². The number of thiophene rings is 1. The fourth-order valence-electron chi connectivity index (χ4n) is 2.75. The SMILES string of the molecule is Cc1sc(NC(=O)COc2ccc(-c3ccccc3)cc2Cl)c(C(N)=O)c1C. The molecule has 0 bridgehead atoms. The van der Waals surface area contributed by atoms with Gasteiger partial charge in [-0.25, -0.2) is 0 Å². The Labute approximate surface area is 172 Å². The Morgan fingerprint density at radius 2 is 1.82 bits per heavy atom. The van der Waals surface area contributed by atoms with Crippen molar-refractivity contribution in [1.29, 1.82) is 0 Å². The van der Waals surface area contributed by atoms with Crippen LogP contribution in [0.25, 0.3) is 11.1 Å². The first-order valence-corrected chi connectivity index (χ1v) is 9.73. The van der Waals surface area contributed by atoms with Gasteiger partial charge in [-0.1, -0.05) is 48.0 Å². The molecule has 0 unspecified atom stereocenters. The Kier molecular flexibility index (Phi) is 6.02. The smallest absolute Gasteiger partial charge is 0.262 e. The molecule has 2 aromatic carbocycles. The largest absolute Gasteiger partial charge is 0.482 e. The van der Waals surface area contributed by atoms with E-state index in [4.69, 9.17) is 22.1 Å². The summed E-state index contributed by atoms with van der Waals surface area (Å²) in [6.45, 7) is 3.43. The van der Waals surface area contributed by atoms with Crippen LogP contribution in [0.5, 0.6) is 5.75 Å². The second kappa shape index (κ2) is 8.46. The van der Waals surface area contributed by atoms with Gasteiger partial charge in [0.1, 0.15) is 10.8 Å². The third kappa shape index (κ3) is 4.35. The highest BCUT2D eigenvalue weighted by molar-refractivity contribution is 7.16. The maximum atomic E-state index is 12.3. The van der Waals surface area contributed by atoms with E-state index in [9.17, 15) is 9.59 Å². The minimum absolute atomic E-state index is 0.237. The van der Waals surface area contributed by atoms with Gasteiger partial charge in [0.2, 0.25) is 0 Å². The molecule has 0 aliphatic carbocycles. The molecule has 3 rings (SSSR count). The highest BCUT2D eigenvalue weighted by atomic mass is 35.5. The van der Waals surface area contributed by atoms with Crippen LogP contribution in [-0.4, -0.2) is 18.4 Å². The summed E-state index contributed by atoms with van der Waals surface area (Å²) in [6, 6.07) is 15.2. The van der Waals surface area contributed by atoms with Gasteiger partial charge in [-0.05, 0) is 42.7 Å². The fraction of sp³-hybridized carbons (Fsp3) is 0.143. The number of hydrogen-bond donors (Lipinski definition) is 2. The molecule has 3 aromatic rings. The Hall–Kier alpha value is -2.83. The number of carbonyl (C=O) groups is 2. The Morgan fingerprint density at radius 3 is 2.46 bits per heavy atom. The number of aryl methyl sites for hydroxylation is 1. The average molecular weight is 415 g/mol. The number of rotatable bonds is 6. The molecule has 0 radical (unpaired) electrons. The molecule has 7 heteroatoms. The number of primary amides is 1. The number of amides is 2. The molecule has 28 heavy (non-hydrogen) atoms. The van der Waals surface area contributed by atoms with E-state index in [0.29, 0.717) is 21.3 Å². The number of anilines is 1. The summed E-state index contributed by atoms with van der Waals surface area (Å²) in [7, 11) is 0. The van der Waals surface area contributed by atoms with Crippen molar-refractivity contribution < 1.29 is 14.3 Å². The summed E-state index contributed by atoms with van der Waals surface area (Å²) in [5, 5.41) is 3.54. The van der Waals surface area contributed by atoms with Crippen molar-refractivity contribution in [2.24, 2.45) is 5.73 Å². The minimum Gasteiger partial charge on any atom is -0.482 e. The highest BCUT2D eigenvalue weighted by Gasteiger charge is 2.19. The first kappa shape index (κ1) is 19.9. The lowest BCUT2D eigenvalue weighted by Gasteiger charge is -2.10. The van der Waals surface area contributed by atoms with Crippen molar-refractivity contribution in [1.82, 2.24) is 0 Å². The number of hydrogen-bond acceptors (Lipinski definition) is 4. The van der Waals surface area contributed by atoms with Crippen molar-refractivity contribution in [3.8, 4) is 16.9 Å². The van der Waals surface area contributed by atoms with Gasteiger partial charge in [-0.2, -0.15) is 0 Å². The number of nitrogens with one attached hydrogen (secondary N) is 1. The lowest BCUT2D eigenvalue weighted by Crippen LogP contribution is -2.22. The standard InChI is InChI=1S/C21H19ClN2O3S/c1-12-13(2)28-21(19(12)20(23)26)24-18(25)11-27-17-9-8-15(10-16(17)22)14-6-4-3-5-7-14/h3-10H,11H2,1-2H3,(H2,23,26)(H,24,25). The number of nitrogens with two attached hydrogens (primary N) is 1. The molecule has 5 nitrogen and oxygen atoms in total. The molecule has 0 atom stereocenters. The normalized spacial score (nSPS) is 10.5. The van der Waals surface area contributed by atoms with Crippen molar-refractivity contribution in [2.75, 3.05) is 11.9 Å². The quantitative estimate of drug-likeness (QED) is 0.607. The van der Waals surface area contributed by atoms with Crippen molar-refractivity contribution in [3.05, 3.63) is 69.6 Å². The van der Waals surface area contributed by atoms with Crippen LogP contribution in [0.3, 0.4) is 0 Å². The predicted molar refractivity (Wildman–Crippen MR) is 113 cm³/mol. The zero-order valence-corrected chi connectivity index (χ0v) is 17.0. The Balaban J connectivity index is 1.67. The molecule has 2 amide bonds. The second-order valence-corrected chi connectivity index (χ2v) is 7.83. The van der Waals surface area contributed by atoms with E-state index in [1.807, 2.05) is 43.3 Å². The molecule has 3 N–H and O–H groups in total. The van der Waals surface area contributed by atoms with Crippen LogP contribution in [0.1, 0.15) is 20.8 Å². The first-order valence-electron chi connectivity index (χ1n) is 8.54. The molecule has 0 saturated carbocycles. The van der Waals surface area contributed by atoms with Crippen LogP contribution >= 0.6 is 22.9 Å². The van der Waals surface area contributed by atoms with Crippen LogP contribution in [0, 0.1) is 13.8 Å². The van der Waals surface area contributed by atoms with Crippen molar-refractivity contribution >= 4 is 39.8 Å². The van der Waals surface area contributed by atoms with Crippen LogP contribution < -0.4 is 15.8 Å². The van der Waals surface area contributed by atoms with Gasteiger partial charge in [0.05, 0.1) is 10.6 Å². The van der Waals surface area contributed by atoms with E-state index in [2.05, 4.69) is 5.32 Å². The molecule has 1 aromatic heterocycles.